The van der Waals surface area contributed by atoms with Gasteiger partial charge in [-0.25, -0.2) is 17.7 Å². The number of sulfonamides is 1. The third kappa shape index (κ3) is 3.71. The third-order valence-corrected chi connectivity index (χ3v) is 8.96. The standard InChI is InChI=1S/C25H31N3O3S/c1-18-5-3-8-24(26-18)28-25(12-14-32(28,30)31)11-13-27(19(2)16-25)17-20-9-10-23(29)22(15-20)21-6-4-7-21/h3,5,8-10,12,14-15,19,21,29H,4,6-7,11,13,16-17H2,1-2H3/t19-,25-/m0/s1. The monoisotopic (exact) mass is 453 g/mol. The van der Waals surface area contributed by atoms with Crippen LogP contribution in [0.25, 0.3) is 0 Å². The van der Waals surface area contributed by atoms with E-state index in [-0.39, 0.29) is 6.04 Å². The number of aromatic nitrogens is 1. The summed E-state index contributed by atoms with van der Waals surface area (Å²) in [6.45, 7) is 5.65. The van der Waals surface area contributed by atoms with Crippen LogP contribution >= 0.6 is 0 Å². The minimum atomic E-state index is -3.54. The fraction of sp³-hybridized carbons (Fsp3) is 0.480. The number of phenols is 1. The second-order valence-electron chi connectivity index (χ2n) is 9.65. The largest absolute Gasteiger partial charge is 0.508 e. The van der Waals surface area contributed by atoms with Gasteiger partial charge in [-0.2, -0.15) is 0 Å². The van der Waals surface area contributed by atoms with Crippen molar-refractivity contribution in [3.05, 3.63) is 64.7 Å². The van der Waals surface area contributed by atoms with E-state index in [4.69, 9.17) is 0 Å². The Balaban J connectivity index is 1.36. The Labute approximate surface area is 190 Å². The lowest BCUT2D eigenvalue weighted by Gasteiger charge is -2.47. The predicted molar refractivity (Wildman–Crippen MR) is 126 cm³/mol. The number of hydrogen-bond donors (Lipinski definition) is 1. The van der Waals surface area contributed by atoms with Crippen LogP contribution in [0.2, 0.25) is 0 Å². The van der Waals surface area contributed by atoms with E-state index < -0.39 is 15.6 Å². The molecule has 6 nitrogen and oxygen atoms in total. The van der Waals surface area contributed by atoms with Gasteiger partial charge in [0.2, 0.25) is 0 Å². The number of piperidine rings is 1. The molecule has 0 unspecified atom stereocenters. The molecule has 2 fully saturated rings. The summed E-state index contributed by atoms with van der Waals surface area (Å²) < 4.78 is 27.4. The number of anilines is 1. The van der Waals surface area contributed by atoms with E-state index in [2.05, 4.69) is 22.9 Å². The fourth-order valence-corrected chi connectivity index (χ4v) is 7.09. The van der Waals surface area contributed by atoms with Gasteiger partial charge in [0, 0.05) is 30.2 Å². The summed E-state index contributed by atoms with van der Waals surface area (Å²) in [6.07, 6.45) is 6.85. The molecular formula is C25H31N3O3S. The first-order valence-electron chi connectivity index (χ1n) is 11.5. The van der Waals surface area contributed by atoms with Gasteiger partial charge in [-0.15, -0.1) is 0 Å². The van der Waals surface area contributed by atoms with Crippen molar-refractivity contribution in [1.29, 1.82) is 0 Å². The number of hydrogen-bond acceptors (Lipinski definition) is 5. The molecule has 1 aromatic carbocycles. The highest BCUT2D eigenvalue weighted by Gasteiger charge is 2.49. The maximum absolute atomic E-state index is 13.0. The second-order valence-corrected chi connectivity index (χ2v) is 11.3. The van der Waals surface area contributed by atoms with Gasteiger partial charge in [-0.3, -0.25) is 4.90 Å². The molecule has 1 aromatic heterocycles. The van der Waals surface area contributed by atoms with E-state index in [1.54, 1.807) is 6.07 Å². The highest BCUT2D eigenvalue weighted by atomic mass is 32.2. The molecule has 1 spiro atoms. The lowest BCUT2D eigenvalue weighted by Crippen LogP contribution is -2.56. The molecule has 5 rings (SSSR count). The maximum Gasteiger partial charge on any atom is 0.259 e. The lowest BCUT2D eigenvalue weighted by atomic mass is 9.79. The second kappa shape index (κ2) is 7.89. The van der Waals surface area contributed by atoms with Crippen LogP contribution < -0.4 is 4.31 Å². The molecule has 2 aromatic rings. The zero-order valence-electron chi connectivity index (χ0n) is 18.7. The zero-order chi connectivity index (χ0) is 22.5. The van der Waals surface area contributed by atoms with Crippen molar-refractivity contribution in [1.82, 2.24) is 9.88 Å². The lowest BCUT2D eigenvalue weighted by molar-refractivity contribution is 0.119. The van der Waals surface area contributed by atoms with Crippen molar-refractivity contribution in [2.75, 3.05) is 10.8 Å². The third-order valence-electron chi connectivity index (χ3n) is 7.42. The number of phenolic OH excluding ortho intramolecular Hbond substituents is 1. The molecular weight excluding hydrogens is 422 g/mol. The molecule has 1 saturated carbocycles. The molecule has 32 heavy (non-hydrogen) atoms. The van der Waals surface area contributed by atoms with Gasteiger partial charge in [0.25, 0.3) is 10.0 Å². The van der Waals surface area contributed by atoms with Crippen molar-refractivity contribution in [3.63, 3.8) is 0 Å². The maximum atomic E-state index is 13.0. The Morgan fingerprint density at radius 1 is 1.22 bits per heavy atom. The number of aromatic hydroxyl groups is 1. The van der Waals surface area contributed by atoms with Crippen molar-refractivity contribution < 1.29 is 13.5 Å². The van der Waals surface area contributed by atoms with Crippen LogP contribution in [-0.4, -0.2) is 41.5 Å². The van der Waals surface area contributed by atoms with Crippen LogP contribution in [0.3, 0.4) is 0 Å². The van der Waals surface area contributed by atoms with E-state index in [1.807, 2.05) is 37.3 Å². The van der Waals surface area contributed by atoms with Crippen molar-refractivity contribution in [3.8, 4) is 5.75 Å². The number of benzene rings is 1. The number of likely N-dealkylation sites (tertiary alicyclic amines) is 1. The van der Waals surface area contributed by atoms with E-state index in [9.17, 15) is 13.5 Å². The Bertz CT molecular complexity index is 1160. The molecule has 1 N–H and O–H groups in total. The molecule has 0 amide bonds. The van der Waals surface area contributed by atoms with Gasteiger partial charge in [-0.05, 0) is 80.9 Å². The van der Waals surface area contributed by atoms with E-state index in [0.29, 0.717) is 23.9 Å². The van der Waals surface area contributed by atoms with Gasteiger partial charge in [0.05, 0.1) is 5.54 Å². The molecule has 0 bridgehead atoms. The molecule has 1 saturated heterocycles. The quantitative estimate of drug-likeness (QED) is 0.740. The minimum absolute atomic E-state index is 0.204. The van der Waals surface area contributed by atoms with Gasteiger partial charge < -0.3 is 5.11 Å². The summed E-state index contributed by atoms with van der Waals surface area (Å²) in [6, 6.07) is 11.7. The molecule has 2 aliphatic heterocycles. The fourth-order valence-electron chi connectivity index (χ4n) is 5.45. The summed E-state index contributed by atoms with van der Waals surface area (Å²) in [5.74, 6) is 1.40. The van der Waals surface area contributed by atoms with Crippen LogP contribution in [0.4, 0.5) is 5.82 Å². The summed E-state index contributed by atoms with van der Waals surface area (Å²) in [5, 5.41) is 11.6. The summed E-state index contributed by atoms with van der Waals surface area (Å²) in [5.41, 5.74) is 2.53. The number of aryl methyl sites for hydroxylation is 1. The van der Waals surface area contributed by atoms with Gasteiger partial charge in [0.15, 0.2) is 0 Å². The number of rotatable bonds is 4. The molecule has 3 aliphatic rings. The Morgan fingerprint density at radius 3 is 2.72 bits per heavy atom. The van der Waals surface area contributed by atoms with Crippen molar-refractivity contribution >= 4 is 15.8 Å². The van der Waals surface area contributed by atoms with E-state index in [1.165, 1.54) is 21.7 Å². The van der Waals surface area contributed by atoms with Crippen LogP contribution in [0, 0.1) is 6.92 Å². The van der Waals surface area contributed by atoms with Crippen molar-refractivity contribution in [2.24, 2.45) is 0 Å². The summed E-state index contributed by atoms with van der Waals surface area (Å²) in [4.78, 5) is 6.95. The van der Waals surface area contributed by atoms with Crippen LogP contribution in [0.1, 0.15) is 61.8 Å². The minimum Gasteiger partial charge on any atom is -0.508 e. The average molecular weight is 454 g/mol. The molecule has 2 atom stereocenters. The van der Waals surface area contributed by atoms with Crippen LogP contribution in [0.15, 0.2) is 47.9 Å². The zero-order valence-corrected chi connectivity index (χ0v) is 19.6. The smallest absolute Gasteiger partial charge is 0.259 e. The molecule has 7 heteroatoms. The topological polar surface area (TPSA) is 73.7 Å². The predicted octanol–water partition coefficient (Wildman–Crippen LogP) is 4.45. The Morgan fingerprint density at radius 2 is 2.03 bits per heavy atom. The number of nitrogens with zero attached hydrogens (tertiary/aromatic N) is 3. The molecule has 1 aliphatic carbocycles. The van der Waals surface area contributed by atoms with Crippen LogP contribution in [0.5, 0.6) is 5.75 Å². The first-order valence-corrected chi connectivity index (χ1v) is 13.0. The highest BCUT2D eigenvalue weighted by Crippen LogP contribution is 2.44. The Hall–Kier alpha value is -2.38. The average Bonchev–Trinajstić information content (AvgIpc) is 2.95. The SMILES string of the molecule is Cc1cccc(N2[C@]3(C=CS2(=O)=O)CCN(Cc2ccc(O)c(C4CCC4)c2)[C@@H](C)C3)n1. The number of pyridine rings is 1. The normalized spacial score (nSPS) is 27.7. The highest BCUT2D eigenvalue weighted by molar-refractivity contribution is 7.96. The molecule has 170 valence electrons. The van der Waals surface area contributed by atoms with E-state index in [0.717, 1.165) is 43.6 Å². The first-order chi connectivity index (χ1) is 15.3. The van der Waals surface area contributed by atoms with Gasteiger partial charge >= 0.3 is 0 Å². The van der Waals surface area contributed by atoms with Gasteiger partial charge in [0.1, 0.15) is 11.6 Å². The van der Waals surface area contributed by atoms with E-state index >= 15 is 0 Å². The van der Waals surface area contributed by atoms with Gasteiger partial charge in [-0.1, -0.05) is 24.6 Å². The molecule has 0 radical (unpaired) electrons. The summed E-state index contributed by atoms with van der Waals surface area (Å²) in [7, 11) is -3.54. The van der Waals surface area contributed by atoms with Crippen LogP contribution in [-0.2, 0) is 16.6 Å². The molecule has 3 heterocycles. The van der Waals surface area contributed by atoms with Crippen molar-refractivity contribution in [2.45, 2.75) is 70.0 Å². The first kappa shape index (κ1) is 21.5. The Kier molecular flexibility index (Phi) is 5.29. The summed E-state index contributed by atoms with van der Waals surface area (Å²) >= 11 is 0.